The van der Waals surface area contributed by atoms with Crippen LogP contribution in [-0.4, -0.2) is 22.6 Å². The van der Waals surface area contributed by atoms with Crippen LogP contribution in [0.5, 0.6) is 0 Å². The van der Waals surface area contributed by atoms with E-state index >= 15 is 0 Å². The van der Waals surface area contributed by atoms with E-state index in [1.165, 1.54) is 32.6 Å². The molecule has 58 valence electrons. The van der Waals surface area contributed by atoms with E-state index in [2.05, 4.69) is 4.99 Å². The number of rotatable bonds is 0. The third kappa shape index (κ3) is 1.01. The second-order valence-electron chi connectivity index (χ2n) is 2.38. The molecule has 0 aromatic carbocycles. The summed E-state index contributed by atoms with van der Waals surface area (Å²) in [6.07, 6.45) is 4.23. The standard InChI is InChI=1S/C7H9N2O2/c1-6(10)9(7(2)11)4-3-8-5-9/h3-5H,1-2H3/q+1. The van der Waals surface area contributed by atoms with Crippen LogP contribution in [0.4, 0.5) is 0 Å². The molecule has 1 heterocycles. The Hall–Kier alpha value is -1.29. The van der Waals surface area contributed by atoms with Crippen molar-refractivity contribution in [1.82, 2.24) is 0 Å². The molecule has 0 saturated carbocycles. The normalized spacial score (nSPS) is 18.7. The molecule has 11 heavy (non-hydrogen) atoms. The SMILES string of the molecule is CC(=O)[N+]1(C(C)=O)C=CN=C1. The molecule has 0 atom stereocenters. The maximum Gasteiger partial charge on any atom is 0.328 e. The number of aliphatic imine (C=N–C) groups is 1. The summed E-state index contributed by atoms with van der Waals surface area (Å²) in [6.45, 7) is 2.73. The zero-order valence-electron chi connectivity index (χ0n) is 6.44. The van der Waals surface area contributed by atoms with Crippen molar-refractivity contribution in [2.75, 3.05) is 0 Å². The van der Waals surface area contributed by atoms with Crippen LogP contribution in [0, 0.1) is 0 Å². The molecule has 0 unspecified atom stereocenters. The van der Waals surface area contributed by atoms with Crippen LogP contribution in [0.2, 0.25) is 0 Å². The molecule has 0 N–H and O–H groups in total. The molecule has 0 aliphatic carbocycles. The van der Waals surface area contributed by atoms with Gasteiger partial charge in [0.05, 0.1) is 20.0 Å². The van der Waals surface area contributed by atoms with Crippen LogP contribution in [-0.2, 0) is 9.59 Å². The topological polar surface area (TPSA) is 46.5 Å². The van der Waals surface area contributed by atoms with Crippen LogP contribution in [0.3, 0.4) is 0 Å². The number of carbonyl (C=O) groups is 2. The van der Waals surface area contributed by atoms with Crippen molar-refractivity contribution in [3.63, 3.8) is 0 Å². The summed E-state index contributed by atoms with van der Waals surface area (Å²) in [5.74, 6) is -0.481. The van der Waals surface area contributed by atoms with Crippen LogP contribution in [0.1, 0.15) is 13.8 Å². The van der Waals surface area contributed by atoms with Crippen LogP contribution >= 0.6 is 0 Å². The van der Waals surface area contributed by atoms with Gasteiger partial charge in [0, 0.05) is 0 Å². The summed E-state index contributed by atoms with van der Waals surface area (Å²) in [7, 11) is 0. The van der Waals surface area contributed by atoms with Crippen molar-refractivity contribution in [1.29, 1.82) is 0 Å². The maximum atomic E-state index is 11.0. The Balaban J connectivity index is 3.09. The minimum Gasteiger partial charge on any atom is -0.230 e. The highest BCUT2D eigenvalue weighted by Crippen LogP contribution is 2.11. The fourth-order valence-corrected chi connectivity index (χ4v) is 0.920. The summed E-state index contributed by atoms with van der Waals surface area (Å²) in [4.78, 5) is 25.7. The molecule has 1 rings (SSSR count). The molecule has 0 spiro atoms. The van der Waals surface area contributed by atoms with Gasteiger partial charge < -0.3 is 0 Å². The van der Waals surface area contributed by atoms with E-state index < -0.39 is 0 Å². The Morgan fingerprint density at radius 2 is 1.82 bits per heavy atom. The molecule has 0 aromatic heterocycles. The van der Waals surface area contributed by atoms with Crippen molar-refractivity contribution in [2.24, 2.45) is 4.99 Å². The first kappa shape index (κ1) is 7.81. The fraction of sp³-hybridized carbons (Fsp3) is 0.286. The van der Waals surface area contributed by atoms with Gasteiger partial charge >= 0.3 is 11.8 Å². The number of nitrogens with zero attached hydrogens (tertiary/aromatic N) is 2. The number of carbonyl (C=O) groups excluding carboxylic acids is 2. The monoisotopic (exact) mass is 153 g/mol. The third-order valence-corrected chi connectivity index (χ3v) is 1.68. The van der Waals surface area contributed by atoms with Gasteiger partial charge in [-0.1, -0.05) is 0 Å². The molecule has 1 aliphatic heterocycles. The number of amides is 2. The van der Waals surface area contributed by atoms with Gasteiger partial charge in [-0.3, -0.25) is 0 Å². The predicted octanol–water partition coefficient (Wildman–Crippen LogP) is 0.409. The zero-order valence-corrected chi connectivity index (χ0v) is 6.44. The highest BCUT2D eigenvalue weighted by Gasteiger charge is 2.37. The quantitative estimate of drug-likeness (QED) is 0.473. The Kier molecular flexibility index (Phi) is 1.70. The lowest BCUT2D eigenvalue weighted by Crippen LogP contribution is -2.47. The Bertz CT molecular complexity index is 238. The average molecular weight is 153 g/mol. The molecule has 0 saturated heterocycles. The zero-order chi connectivity index (χ0) is 8.48. The van der Waals surface area contributed by atoms with E-state index in [1.807, 2.05) is 0 Å². The van der Waals surface area contributed by atoms with E-state index in [0.717, 1.165) is 0 Å². The summed E-state index contributed by atoms with van der Waals surface area (Å²) in [6, 6.07) is 0. The first-order chi connectivity index (χ1) is 5.09. The molecule has 4 heteroatoms. The van der Waals surface area contributed by atoms with E-state index in [9.17, 15) is 9.59 Å². The Morgan fingerprint density at radius 3 is 2.00 bits per heavy atom. The van der Waals surface area contributed by atoms with Gasteiger partial charge in [0.1, 0.15) is 6.20 Å². The van der Waals surface area contributed by atoms with Crippen LogP contribution in [0.25, 0.3) is 0 Å². The molecular formula is C7H9N2O2+. The van der Waals surface area contributed by atoms with E-state index in [-0.39, 0.29) is 16.3 Å². The van der Waals surface area contributed by atoms with Gasteiger partial charge in [-0.2, -0.15) is 0 Å². The molecule has 0 bridgehead atoms. The summed E-state index contributed by atoms with van der Waals surface area (Å²) >= 11 is 0. The van der Waals surface area contributed by atoms with Gasteiger partial charge in [-0.15, -0.1) is 4.48 Å². The largest absolute Gasteiger partial charge is 0.328 e. The smallest absolute Gasteiger partial charge is 0.230 e. The number of hydrogen-bond donors (Lipinski definition) is 0. The Morgan fingerprint density at radius 1 is 1.27 bits per heavy atom. The van der Waals surface area contributed by atoms with Crippen molar-refractivity contribution in [3.8, 4) is 0 Å². The van der Waals surface area contributed by atoms with E-state index in [0.29, 0.717) is 0 Å². The number of quaternary nitrogens is 1. The predicted molar refractivity (Wildman–Crippen MR) is 39.3 cm³/mol. The van der Waals surface area contributed by atoms with Crippen molar-refractivity contribution >= 4 is 18.2 Å². The van der Waals surface area contributed by atoms with Crippen LogP contribution in [0.15, 0.2) is 17.4 Å². The Labute approximate surface area is 64.4 Å². The van der Waals surface area contributed by atoms with Gasteiger partial charge in [-0.25, -0.2) is 14.6 Å². The van der Waals surface area contributed by atoms with E-state index in [4.69, 9.17) is 0 Å². The molecule has 0 aromatic rings. The molecular weight excluding hydrogens is 144 g/mol. The molecule has 2 amide bonds. The molecule has 0 radical (unpaired) electrons. The molecule has 1 aliphatic rings. The van der Waals surface area contributed by atoms with Crippen molar-refractivity contribution in [3.05, 3.63) is 12.4 Å². The first-order valence-electron chi connectivity index (χ1n) is 3.22. The van der Waals surface area contributed by atoms with E-state index in [1.54, 1.807) is 0 Å². The lowest BCUT2D eigenvalue weighted by atomic mass is 10.4. The van der Waals surface area contributed by atoms with Crippen LogP contribution < -0.4 is 0 Å². The molecule has 0 fully saturated rings. The van der Waals surface area contributed by atoms with Gasteiger partial charge in [-0.05, 0) is 0 Å². The first-order valence-corrected chi connectivity index (χ1v) is 3.22. The van der Waals surface area contributed by atoms with Crippen molar-refractivity contribution in [2.45, 2.75) is 13.8 Å². The fourth-order valence-electron chi connectivity index (χ4n) is 0.920. The third-order valence-electron chi connectivity index (χ3n) is 1.68. The summed E-state index contributed by atoms with van der Waals surface area (Å²) in [5, 5.41) is 0. The van der Waals surface area contributed by atoms with Crippen molar-refractivity contribution < 1.29 is 14.1 Å². The lowest BCUT2D eigenvalue weighted by molar-refractivity contribution is -0.614. The van der Waals surface area contributed by atoms with Gasteiger partial charge in [0.15, 0.2) is 0 Å². The highest BCUT2D eigenvalue weighted by molar-refractivity contribution is 5.92. The minimum atomic E-state index is -0.389. The second kappa shape index (κ2) is 2.39. The number of imide groups is 1. The van der Waals surface area contributed by atoms with Gasteiger partial charge in [0.2, 0.25) is 6.34 Å². The molecule has 4 nitrogen and oxygen atoms in total. The summed E-state index contributed by atoms with van der Waals surface area (Å²) in [5.41, 5.74) is 0. The minimum absolute atomic E-state index is 0.241. The average Bonchev–Trinajstić information content (AvgIpc) is 2.34. The lowest BCUT2D eigenvalue weighted by Gasteiger charge is -2.17. The summed E-state index contributed by atoms with van der Waals surface area (Å²) < 4.78 is -0.389. The highest BCUT2D eigenvalue weighted by atomic mass is 16.2. The second-order valence-corrected chi connectivity index (χ2v) is 2.38. The maximum absolute atomic E-state index is 11.0. The number of hydrogen-bond acceptors (Lipinski definition) is 3. The van der Waals surface area contributed by atoms with Gasteiger partial charge in [0.25, 0.3) is 0 Å².